The Morgan fingerprint density at radius 3 is 1.80 bits per heavy atom. The molecule has 0 aliphatic rings. The maximum absolute atomic E-state index is 5.34. The fraction of sp³-hybridized carbons (Fsp3) is 1.00. The van der Waals surface area contributed by atoms with E-state index >= 15 is 0 Å². The van der Waals surface area contributed by atoms with Crippen LogP contribution >= 0.6 is 0 Å². The summed E-state index contributed by atoms with van der Waals surface area (Å²) in [7, 11) is 0. The van der Waals surface area contributed by atoms with Gasteiger partial charge in [0.15, 0.2) is 0 Å². The van der Waals surface area contributed by atoms with Crippen molar-refractivity contribution in [3.8, 4) is 0 Å². The average Bonchev–Trinajstić information content (AvgIpc) is 2.26. The van der Waals surface area contributed by atoms with Gasteiger partial charge in [-0.15, -0.1) is 0 Å². The van der Waals surface area contributed by atoms with Crippen LogP contribution in [0, 0.1) is 0 Å². The van der Waals surface area contributed by atoms with Crippen LogP contribution in [0.15, 0.2) is 0 Å². The van der Waals surface area contributed by atoms with Gasteiger partial charge in [0.1, 0.15) is 0 Å². The van der Waals surface area contributed by atoms with E-state index in [1.807, 2.05) is 0 Å². The van der Waals surface area contributed by atoms with Crippen LogP contribution < -0.4 is 5.32 Å². The maximum Gasteiger partial charge on any atom is 0.0701 e. The first-order chi connectivity index (χ1) is 7.41. The van der Waals surface area contributed by atoms with Crippen molar-refractivity contribution in [3.05, 3.63) is 0 Å². The third-order valence-electron chi connectivity index (χ3n) is 1.77. The highest BCUT2D eigenvalue weighted by molar-refractivity contribution is 4.40. The van der Waals surface area contributed by atoms with Crippen molar-refractivity contribution in [1.29, 1.82) is 0 Å². The molecule has 0 unspecified atom stereocenters. The molecule has 0 aromatic carbocycles. The van der Waals surface area contributed by atoms with Gasteiger partial charge in [0, 0.05) is 13.2 Å². The van der Waals surface area contributed by atoms with Crippen LogP contribution in [0.2, 0.25) is 0 Å². The molecule has 4 heteroatoms. The lowest BCUT2D eigenvalue weighted by atomic mass is 10.5. The number of hydrogen-bond donors (Lipinski definition) is 1. The van der Waals surface area contributed by atoms with Crippen molar-refractivity contribution in [2.45, 2.75) is 20.3 Å². The van der Waals surface area contributed by atoms with Crippen LogP contribution in [0.3, 0.4) is 0 Å². The zero-order valence-electron chi connectivity index (χ0n) is 10.1. The molecule has 0 aromatic rings. The molecule has 0 aliphatic heterocycles. The molecule has 0 spiro atoms. The van der Waals surface area contributed by atoms with E-state index in [2.05, 4.69) is 19.2 Å². The van der Waals surface area contributed by atoms with Gasteiger partial charge in [-0.25, -0.2) is 0 Å². The third-order valence-corrected chi connectivity index (χ3v) is 1.77. The molecule has 4 nitrogen and oxygen atoms in total. The number of hydrogen-bond acceptors (Lipinski definition) is 4. The summed E-state index contributed by atoms with van der Waals surface area (Å²) in [5, 5.41) is 3.19. The molecular formula is C11H25NO3. The number of ether oxygens (including phenoxy) is 3. The second-order valence-corrected chi connectivity index (χ2v) is 3.19. The minimum absolute atomic E-state index is 0.654. The SMILES string of the molecule is CCCOCCOCCOCCNCC. The predicted molar refractivity (Wildman–Crippen MR) is 61.3 cm³/mol. The van der Waals surface area contributed by atoms with E-state index in [0.29, 0.717) is 26.4 Å². The molecule has 0 saturated carbocycles. The van der Waals surface area contributed by atoms with E-state index in [0.717, 1.165) is 32.7 Å². The summed E-state index contributed by atoms with van der Waals surface area (Å²) in [5.41, 5.74) is 0. The minimum atomic E-state index is 0.654. The van der Waals surface area contributed by atoms with Gasteiger partial charge in [-0.05, 0) is 13.0 Å². The summed E-state index contributed by atoms with van der Waals surface area (Å²) >= 11 is 0. The number of nitrogens with one attached hydrogen (secondary N) is 1. The van der Waals surface area contributed by atoms with Gasteiger partial charge in [0.05, 0.1) is 33.0 Å². The van der Waals surface area contributed by atoms with Crippen molar-refractivity contribution >= 4 is 0 Å². The quantitative estimate of drug-likeness (QED) is 0.498. The summed E-state index contributed by atoms with van der Waals surface area (Å²) in [6.45, 7) is 10.3. The Hall–Kier alpha value is -0.160. The molecule has 15 heavy (non-hydrogen) atoms. The van der Waals surface area contributed by atoms with E-state index in [1.165, 1.54) is 0 Å². The largest absolute Gasteiger partial charge is 0.379 e. The lowest BCUT2D eigenvalue weighted by Crippen LogP contribution is -2.20. The summed E-state index contributed by atoms with van der Waals surface area (Å²) in [4.78, 5) is 0. The molecule has 0 atom stereocenters. The molecule has 0 radical (unpaired) electrons. The van der Waals surface area contributed by atoms with Gasteiger partial charge >= 0.3 is 0 Å². The zero-order valence-corrected chi connectivity index (χ0v) is 10.1. The van der Waals surface area contributed by atoms with E-state index in [4.69, 9.17) is 14.2 Å². The minimum Gasteiger partial charge on any atom is -0.379 e. The third kappa shape index (κ3) is 13.8. The smallest absolute Gasteiger partial charge is 0.0701 e. The average molecular weight is 219 g/mol. The molecule has 0 amide bonds. The molecular weight excluding hydrogens is 194 g/mol. The Morgan fingerprint density at radius 1 is 0.733 bits per heavy atom. The lowest BCUT2D eigenvalue weighted by molar-refractivity contribution is 0.0153. The second-order valence-electron chi connectivity index (χ2n) is 3.19. The molecule has 1 N–H and O–H groups in total. The molecule has 0 fully saturated rings. The van der Waals surface area contributed by atoms with E-state index in [9.17, 15) is 0 Å². The Labute approximate surface area is 93.3 Å². The Morgan fingerprint density at radius 2 is 1.27 bits per heavy atom. The fourth-order valence-corrected chi connectivity index (χ4v) is 1.01. The summed E-state index contributed by atoms with van der Waals surface area (Å²) in [6.07, 6.45) is 1.06. The molecule has 0 bridgehead atoms. The van der Waals surface area contributed by atoms with Crippen LogP contribution in [-0.4, -0.2) is 52.7 Å². The monoisotopic (exact) mass is 219 g/mol. The molecule has 92 valence electrons. The van der Waals surface area contributed by atoms with Crippen LogP contribution in [0.25, 0.3) is 0 Å². The van der Waals surface area contributed by atoms with E-state index in [-0.39, 0.29) is 0 Å². The molecule has 0 rings (SSSR count). The highest BCUT2D eigenvalue weighted by atomic mass is 16.5. The first-order valence-electron chi connectivity index (χ1n) is 5.85. The van der Waals surface area contributed by atoms with Crippen molar-refractivity contribution in [2.75, 3.05) is 52.7 Å². The van der Waals surface area contributed by atoms with Crippen LogP contribution in [0.1, 0.15) is 20.3 Å². The van der Waals surface area contributed by atoms with Crippen molar-refractivity contribution in [1.82, 2.24) is 5.32 Å². The first-order valence-corrected chi connectivity index (χ1v) is 5.85. The molecule has 0 heterocycles. The van der Waals surface area contributed by atoms with Crippen molar-refractivity contribution in [2.24, 2.45) is 0 Å². The zero-order chi connectivity index (χ0) is 11.2. The molecule has 0 aromatic heterocycles. The van der Waals surface area contributed by atoms with Crippen molar-refractivity contribution in [3.63, 3.8) is 0 Å². The molecule has 0 aliphatic carbocycles. The predicted octanol–water partition coefficient (Wildman–Crippen LogP) is 1.06. The van der Waals surface area contributed by atoms with Gasteiger partial charge in [-0.2, -0.15) is 0 Å². The van der Waals surface area contributed by atoms with Crippen molar-refractivity contribution < 1.29 is 14.2 Å². The van der Waals surface area contributed by atoms with Gasteiger partial charge in [0.2, 0.25) is 0 Å². The maximum atomic E-state index is 5.34. The highest BCUT2D eigenvalue weighted by Gasteiger charge is 1.90. The summed E-state index contributed by atoms with van der Waals surface area (Å²) < 4.78 is 15.9. The summed E-state index contributed by atoms with van der Waals surface area (Å²) in [5.74, 6) is 0. The Kier molecular flexibility index (Phi) is 13.7. The normalized spacial score (nSPS) is 10.8. The van der Waals surface area contributed by atoms with Crippen LogP contribution in [0.4, 0.5) is 0 Å². The fourth-order valence-electron chi connectivity index (χ4n) is 1.01. The topological polar surface area (TPSA) is 39.7 Å². The summed E-state index contributed by atoms with van der Waals surface area (Å²) in [6, 6.07) is 0. The standard InChI is InChI=1S/C11H25NO3/c1-3-6-13-8-10-15-11-9-14-7-5-12-4-2/h12H,3-11H2,1-2H3. The van der Waals surface area contributed by atoms with E-state index < -0.39 is 0 Å². The molecule has 0 saturated heterocycles. The highest BCUT2D eigenvalue weighted by Crippen LogP contribution is 1.82. The lowest BCUT2D eigenvalue weighted by Gasteiger charge is -2.06. The van der Waals surface area contributed by atoms with E-state index in [1.54, 1.807) is 0 Å². The van der Waals surface area contributed by atoms with Gasteiger partial charge in [-0.3, -0.25) is 0 Å². The van der Waals surface area contributed by atoms with Crippen LogP contribution in [-0.2, 0) is 14.2 Å². The van der Waals surface area contributed by atoms with Gasteiger partial charge < -0.3 is 19.5 Å². The number of rotatable bonds is 12. The first kappa shape index (κ1) is 14.8. The Balaban J connectivity index is 2.81. The second kappa shape index (κ2) is 13.8. The van der Waals surface area contributed by atoms with Crippen LogP contribution in [0.5, 0.6) is 0 Å². The Bertz CT molecular complexity index is 100. The number of likely N-dealkylation sites (N-methyl/N-ethyl adjacent to an activating group) is 1. The van der Waals surface area contributed by atoms with Gasteiger partial charge in [-0.1, -0.05) is 13.8 Å². The van der Waals surface area contributed by atoms with Gasteiger partial charge in [0.25, 0.3) is 0 Å².